The number of rotatable bonds is 13. The SMILES string of the molecule is C=C(C)c1ccc(CC(C)C)c(C)c1.C=C/C=C\C(=C/C)C1CC(CCCF)CC(CCC)(CCC)C1.CC. The van der Waals surface area contributed by atoms with Crippen molar-refractivity contribution in [2.75, 3.05) is 6.67 Å². The average molecular weight is 539 g/mol. The number of hydrogen-bond acceptors (Lipinski definition) is 0. The van der Waals surface area contributed by atoms with E-state index in [1.807, 2.05) is 19.9 Å². The van der Waals surface area contributed by atoms with E-state index >= 15 is 0 Å². The quantitative estimate of drug-likeness (QED) is 0.219. The van der Waals surface area contributed by atoms with E-state index < -0.39 is 0 Å². The largest absolute Gasteiger partial charge is 0.251 e. The number of benzene rings is 1. The molecule has 2 atom stereocenters. The molecule has 0 heterocycles. The topological polar surface area (TPSA) is 0 Å². The van der Waals surface area contributed by atoms with Crippen molar-refractivity contribution in [1.29, 1.82) is 0 Å². The van der Waals surface area contributed by atoms with Crippen LogP contribution in [0.2, 0.25) is 0 Å². The van der Waals surface area contributed by atoms with Crippen LogP contribution in [0.4, 0.5) is 4.39 Å². The summed E-state index contributed by atoms with van der Waals surface area (Å²) in [6.45, 7) is 27.1. The first kappa shape index (κ1) is 37.1. The molecule has 0 N–H and O–H groups in total. The van der Waals surface area contributed by atoms with Gasteiger partial charge in [0.2, 0.25) is 0 Å². The van der Waals surface area contributed by atoms with E-state index in [4.69, 9.17) is 0 Å². The average Bonchev–Trinajstić information content (AvgIpc) is 2.90. The molecule has 0 bridgehead atoms. The first-order valence-electron chi connectivity index (χ1n) is 15.9. The predicted molar refractivity (Wildman–Crippen MR) is 177 cm³/mol. The molecule has 1 fully saturated rings. The summed E-state index contributed by atoms with van der Waals surface area (Å²) in [4.78, 5) is 0. The van der Waals surface area contributed by atoms with Crippen molar-refractivity contribution >= 4 is 5.57 Å². The Bertz CT molecular complexity index is 863. The monoisotopic (exact) mass is 538 g/mol. The van der Waals surface area contributed by atoms with Crippen LogP contribution in [-0.2, 0) is 6.42 Å². The standard InChI is InChI=1S/C22H37F.C14H20.C2H6/c1-5-9-12-20(8-4)21-16-19(11-10-15-23)17-22(18-21,13-6-2)14-7-3;1-10(2)8-14-7-6-13(11(3)4)9-12(14)5;1-2/h5,8-9,12,19,21H,1,6-7,10-11,13-18H2,2-4H3;6-7,9-10H,3,8H2,1-2,4-5H3;1-2H3/b12-9-,20-8+;;. The van der Waals surface area contributed by atoms with E-state index in [0.29, 0.717) is 17.3 Å². The molecule has 0 aromatic heterocycles. The second-order valence-electron chi connectivity index (χ2n) is 11.9. The lowest BCUT2D eigenvalue weighted by atomic mass is 9.59. The highest BCUT2D eigenvalue weighted by atomic mass is 19.1. The third-order valence-corrected chi connectivity index (χ3v) is 8.02. The van der Waals surface area contributed by atoms with Crippen LogP contribution in [0.15, 0.2) is 61.2 Å². The minimum Gasteiger partial charge on any atom is -0.251 e. The van der Waals surface area contributed by atoms with E-state index in [1.54, 1.807) is 0 Å². The van der Waals surface area contributed by atoms with Crippen molar-refractivity contribution in [2.45, 2.75) is 127 Å². The summed E-state index contributed by atoms with van der Waals surface area (Å²) < 4.78 is 12.7. The summed E-state index contributed by atoms with van der Waals surface area (Å²) in [5.74, 6) is 2.05. The van der Waals surface area contributed by atoms with Gasteiger partial charge in [0, 0.05) is 0 Å². The second kappa shape index (κ2) is 20.9. The summed E-state index contributed by atoms with van der Waals surface area (Å²) >= 11 is 0. The van der Waals surface area contributed by atoms with Crippen molar-refractivity contribution in [3.05, 3.63) is 77.9 Å². The lowest BCUT2D eigenvalue weighted by Gasteiger charge is -2.46. The van der Waals surface area contributed by atoms with Crippen LogP contribution < -0.4 is 0 Å². The van der Waals surface area contributed by atoms with Crippen LogP contribution in [0, 0.1) is 30.1 Å². The van der Waals surface area contributed by atoms with Crippen LogP contribution in [0.3, 0.4) is 0 Å². The van der Waals surface area contributed by atoms with Gasteiger partial charge in [0.25, 0.3) is 0 Å². The molecule has 1 aliphatic rings. The third-order valence-electron chi connectivity index (χ3n) is 8.02. The molecule has 1 saturated carbocycles. The molecule has 1 aromatic carbocycles. The Hall–Kier alpha value is -1.89. The number of aryl methyl sites for hydroxylation is 1. The maximum atomic E-state index is 12.7. The second-order valence-corrected chi connectivity index (χ2v) is 11.9. The molecule has 1 heteroatoms. The van der Waals surface area contributed by atoms with Crippen LogP contribution in [-0.4, -0.2) is 6.67 Å². The van der Waals surface area contributed by atoms with Gasteiger partial charge in [-0.3, -0.25) is 4.39 Å². The van der Waals surface area contributed by atoms with Gasteiger partial charge in [0.15, 0.2) is 0 Å². The summed E-state index contributed by atoms with van der Waals surface area (Å²) in [7, 11) is 0. The highest BCUT2D eigenvalue weighted by molar-refractivity contribution is 5.62. The normalized spacial score (nSPS) is 18.7. The third kappa shape index (κ3) is 13.8. The summed E-state index contributed by atoms with van der Waals surface area (Å²) in [5.41, 5.74) is 7.18. The Morgan fingerprint density at radius 2 is 1.77 bits per heavy atom. The zero-order valence-corrected chi connectivity index (χ0v) is 27.3. The minimum atomic E-state index is -0.164. The Morgan fingerprint density at radius 3 is 2.23 bits per heavy atom. The maximum absolute atomic E-state index is 12.7. The summed E-state index contributed by atoms with van der Waals surface area (Å²) in [6.07, 6.45) is 20.4. The van der Waals surface area contributed by atoms with Gasteiger partial charge in [-0.05, 0) is 118 Å². The molecular formula is C38H63F. The first-order chi connectivity index (χ1) is 18.6. The predicted octanol–water partition coefficient (Wildman–Crippen LogP) is 12.7. The molecule has 0 nitrogen and oxygen atoms in total. The van der Waals surface area contributed by atoms with Crippen molar-refractivity contribution in [3.63, 3.8) is 0 Å². The van der Waals surface area contributed by atoms with Gasteiger partial charge in [0.05, 0.1) is 6.67 Å². The molecule has 0 saturated heterocycles. The molecule has 0 aliphatic heterocycles. The van der Waals surface area contributed by atoms with E-state index in [0.717, 1.165) is 24.3 Å². The van der Waals surface area contributed by atoms with Gasteiger partial charge in [-0.2, -0.15) is 0 Å². The van der Waals surface area contributed by atoms with Gasteiger partial charge in [-0.15, -0.1) is 0 Å². The van der Waals surface area contributed by atoms with Gasteiger partial charge < -0.3 is 0 Å². The van der Waals surface area contributed by atoms with Crippen LogP contribution >= 0.6 is 0 Å². The van der Waals surface area contributed by atoms with Crippen LogP contribution in [0.5, 0.6) is 0 Å². The van der Waals surface area contributed by atoms with E-state index in [1.165, 1.54) is 73.6 Å². The fourth-order valence-electron chi connectivity index (χ4n) is 6.50. The Balaban J connectivity index is 0.000000769. The smallest absolute Gasteiger partial charge is 0.0894 e. The van der Waals surface area contributed by atoms with Crippen LogP contribution in [0.1, 0.15) is 130 Å². The highest BCUT2D eigenvalue weighted by Crippen LogP contribution is 2.51. The van der Waals surface area contributed by atoms with E-state index in [2.05, 4.69) is 98.1 Å². The van der Waals surface area contributed by atoms with Crippen molar-refractivity contribution in [3.8, 4) is 0 Å². The number of allylic oxidation sites excluding steroid dienone is 6. The molecule has 0 spiro atoms. The van der Waals surface area contributed by atoms with E-state index in [-0.39, 0.29) is 6.67 Å². The van der Waals surface area contributed by atoms with Gasteiger partial charge >= 0.3 is 0 Å². The molecule has 1 aliphatic carbocycles. The van der Waals surface area contributed by atoms with Gasteiger partial charge in [-0.1, -0.05) is 116 Å². The van der Waals surface area contributed by atoms with Crippen molar-refractivity contribution in [2.24, 2.45) is 23.2 Å². The Labute approximate surface area is 244 Å². The van der Waals surface area contributed by atoms with Crippen molar-refractivity contribution < 1.29 is 4.39 Å². The van der Waals surface area contributed by atoms with Crippen LogP contribution in [0.25, 0.3) is 5.57 Å². The van der Waals surface area contributed by atoms with Crippen molar-refractivity contribution in [1.82, 2.24) is 0 Å². The summed E-state index contributed by atoms with van der Waals surface area (Å²) in [6, 6.07) is 6.65. The Morgan fingerprint density at radius 1 is 1.13 bits per heavy atom. The number of alkyl halides is 1. The molecule has 0 radical (unpaired) electrons. The minimum absolute atomic E-state index is 0.164. The zero-order valence-electron chi connectivity index (χ0n) is 27.3. The number of hydrogen-bond donors (Lipinski definition) is 0. The summed E-state index contributed by atoms with van der Waals surface area (Å²) in [5, 5.41) is 0. The molecular weight excluding hydrogens is 475 g/mol. The lowest BCUT2D eigenvalue weighted by molar-refractivity contribution is 0.0770. The van der Waals surface area contributed by atoms with Gasteiger partial charge in [-0.25, -0.2) is 0 Å². The van der Waals surface area contributed by atoms with E-state index in [9.17, 15) is 4.39 Å². The fourth-order valence-corrected chi connectivity index (χ4v) is 6.50. The molecule has 2 unspecified atom stereocenters. The fraction of sp³-hybridized carbons (Fsp3) is 0.632. The molecule has 222 valence electrons. The maximum Gasteiger partial charge on any atom is 0.0894 e. The zero-order chi connectivity index (χ0) is 29.8. The number of halogens is 1. The molecule has 2 rings (SSSR count). The van der Waals surface area contributed by atoms with Gasteiger partial charge in [0.1, 0.15) is 0 Å². The highest BCUT2D eigenvalue weighted by Gasteiger charge is 2.39. The molecule has 0 amide bonds. The Kier molecular flexibility index (Phi) is 19.9. The molecule has 1 aromatic rings. The lowest BCUT2D eigenvalue weighted by Crippen LogP contribution is -2.34. The first-order valence-corrected chi connectivity index (χ1v) is 15.9. The molecule has 39 heavy (non-hydrogen) atoms.